The summed E-state index contributed by atoms with van der Waals surface area (Å²) in [5.74, 6) is -0.0733. The Morgan fingerprint density at radius 2 is 2.04 bits per heavy atom. The average molecular weight is 394 g/mol. The van der Waals surface area contributed by atoms with Crippen molar-refractivity contribution in [1.29, 1.82) is 0 Å². The van der Waals surface area contributed by atoms with Gasteiger partial charge in [0.1, 0.15) is 0 Å². The topological polar surface area (TPSA) is 63.7 Å². The molecule has 2 aromatic rings. The molecule has 1 atom stereocenters. The molecule has 3 rings (SSSR count). The van der Waals surface area contributed by atoms with Gasteiger partial charge >= 0.3 is 0 Å². The number of sulfone groups is 1. The van der Waals surface area contributed by atoms with E-state index in [1.165, 1.54) is 6.26 Å². The van der Waals surface area contributed by atoms with Gasteiger partial charge in [-0.15, -0.1) is 11.3 Å². The van der Waals surface area contributed by atoms with Crippen LogP contribution in [0.15, 0.2) is 41.8 Å². The van der Waals surface area contributed by atoms with E-state index >= 15 is 0 Å². The lowest BCUT2D eigenvalue weighted by Gasteiger charge is -2.25. The number of carbonyl (C=O) groups excluding carboxylic acids is 1. The smallest absolute Gasteiger partial charge is 0.254 e. The Morgan fingerprint density at radius 3 is 2.62 bits per heavy atom. The number of ether oxygens (including phenoxy) is 1. The van der Waals surface area contributed by atoms with Gasteiger partial charge in [0.15, 0.2) is 9.84 Å². The zero-order valence-electron chi connectivity index (χ0n) is 14.8. The first-order valence-corrected chi connectivity index (χ1v) is 11.5. The summed E-state index contributed by atoms with van der Waals surface area (Å²) < 4.78 is 28.5. The molecule has 1 amide bonds. The summed E-state index contributed by atoms with van der Waals surface area (Å²) in [6.45, 7) is 1.88. The van der Waals surface area contributed by atoms with Crippen LogP contribution in [0.2, 0.25) is 0 Å². The molecule has 0 radical (unpaired) electrons. The Kier molecular flexibility index (Phi) is 6.11. The summed E-state index contributed by atoms with van der Waals surface area (Å²) >= 11 is 1.63. The van der Waals surface area contributed by atoms with Crippen molar-refractivity contribution in [2.24, 2.45) is 0 Å². The number of hydrogen-bond acceptors (Lipinski definition) is 5. The molecule has 2 heterocycles. The summed E-state index contributed by atoms with van der Waals surface area (Å²) in [6.07, 6.45) is 3.30. The molecule has 1 saturated heterocycles. The van der Waals surface area contributed by atoms with Crippen molar-refractivity contribution in [2.75, 3.05) is 19.4 Å². The summed E-state index contributed by atoms with van der Waals surface area (Å²) in [7, 11) is -3.09. The van der Waals surface area contributed by atoms with E-state index in [1.54, 1.807) is 35.6 Å². The van der Waals surface area contributed by atoms with E-state index in [0.29, 0.717) is 24.2 Å². The van der Waals surface area contributed by atoms with Gasteiger partial charge in [-0.1, -0.05) is 18.2 Å². The molecule has 0 saturated carbocycles. The average Bonchev–Trinajstić information content (AvgIpc) is 3.27. The zero-order valence-corrected chi connectivity index (χ0v) is 16.4. The number of benzene rings is 1. The van der Waals surface area contributed by atoms with Crippen molar-refractivity contribution in [1.82, 2.24) is 4.90 Å². The van der Waals surface area contributed by atoms with Crippen LogP contribution in [0.4, 0.5) is 0 Å². The van der Waals surface area contributed by atoms with Gasteiger partial charge in [-0.25, -0.2) is 8.42 Å². The normalized spacial score (nSPS) is 17.3. The van der Waals surface area contributed by atoms with Gasteiger partial charge in [-0.05, 0) is 42.0 Å². The van der Waals surface area contributed by atoms with Gasteiger partial charge in [0, 0.05) is 29.8 Å². The number of rotatable bonds is 7. The summed E-state index contributed by atoms with van der Waals surface area (Å²) in [4.78, 5) is 16.0. The molecule has 0 spiro atoms. The zero-order chi connectivity index (χ0) is 18.6. The van der Waals surface area contributed by atoms with Crippen molar-refractivity contribution in [3.05, 3.63) is 57.8 Å². The van der Waals surface area contributed by atoms with Gasteiger partial charge < -0.3 is 9.64 Å². The summed E-state index contributed by atoms with van der Waals surface area (Å²) in [5, 5.41) is 2.00. The molecule has 140 valence electrons. The van der Waals surface area contributed by atoms with E-state index in [2.05, 4.69) is 0 Å². The minimum atomic E-state index is -3.09. The molecule has 0 aliphatic carbocycles. The number of carbonyl (C=O) groups is 1. The third-order valence-corrected chi connectivity index (χ3v) is 6.01. The molecule has 26 heavy (non-hydrogen) atoms. The fourth-order valence-electron chi connectivity index (χ4n) is 3.07. The Bertz CT molecular complexity index is 823. The minimum absolute atomic E-state index is 0.0176. The van der Waals surface area contributed by atoms with Crippen LogP contribution in [0.5, 0.6) is 0 Å². The molecule has 1 aliphatic heterocycles. The standard InChI is InChI=1S/C19H23NO4S2/c1-26(22,23)14-15-6-8-16(9-7-15)19(21)20(12-17-4-2-10-24-17)13-18-5-3-11-25-18/h3,5-9,11,17H,2,4,10,12-14H2,1H3. The van der Waals surface area contributed by atoms with Gasteiger partial charge in [0.05, 0.1) is 18.4 Å². The molecular weight excluding hydrogens is 370 g/mol. The maximum atomic E-state index is 13.0. The maximum absolute atomic E-state index is 13.0. The van der Waals surface area contributed by atoms with Gasteiger partial charge in [-0.3, -0.25) is 4.79 Å². The van der Waals surface area contributed by atoms with Crippen molar-refractivity contribution in [2.45, 2.75) is 31.2 Å². The highest BCUT2D eigenvalue weighted by Crippen LogP contribution is 2.19. The highest BCUT2D eigenvalue weighted by Gasteiger charge is 2.24. The lowest BCUT2D eigenvalue weighted by molar-refractivity contribution is 0.0509. The fraction of sp³-hybridized carbons (Fsp3) is 0.421. The van der Waals surface area contributed by atoms with Crippen LogP contribution in [0.25, 0.3) is 0 Å². The monoisotopic (exact) mass is 393 g/mol. The number of thiophene rings is 1. The number of amides is 1. The first-order chi connectivity index (χ1) is 12.4. The predicted octanol–water partition coefficient (Wildman–Crippen LogP) is 3.11. The van der Waals surface area contributed by atoms with Crippen LogP contribution in [0, 0.1) is 0 Å². The van der Waals surface area contributed by atoms with Crippen LogP contribution < -0.4 is 0 Å². The van der Waals surface area contributed by atoms with Gasteiger partial charge in [-0.2, -0.15) is 0 Å². The second kappa shape index (κ2) is 8.33. The molecule has 1 fully saturated rings. The predicted molar refractivity (Wildman–Crippen MR) is 103 cm³/mol. The van der Waals surface area contributed by atoms with Crippen LogP contribution in [-0.4, -0.2) is 44.7 Å². The molecule has 0 bridgehead atoms. The summed E-state index contributed by atoms with van der Waals surface area (Å²) in [5.41, 5.74) is 1.25. The van der Waals surface area contributed by atoms with Gasteiger partial charge in [0.2, 0.25) is 0 Å². The van der Waals surface area contributed by atoms with Crippen molar-refractivity contribution < 1.29 is 17.9 Å². The number of hydrogen-bond donors (Lipinski definition) is 0. The SMILES string of the molecule is CS(=O)(=O)Cc1ccc(C(=O)N(Cc2cccs2)CC2CCCO2)cc1. The summed E-state index contributed by atoms with van der Waals surface area (Å²) in [6, 6.07) is 10.8. The van der Waals surface area contributed by atoms with E-state index in [9.17, 15) is 13.2 Å². The van der Waals surface area contributed by atoms with Crippen molar-refractivity contribution in [3.8, 4) is 0 Å². The first-order valence-electron chi connectivity index (χ1n) is 8.60. The van der Waals surface area contributed by atoms with E-state index in [4.69, 9.17) is 4.74 Å². The van der Waals surface area contributed by atoms with Crippen molar-refractivity contribution in [3.63, 3.8) is 0 Å². The minimum Gasteiger partial charge on any atom is -0.376 e. The molecular formula is C19H23NO4S2. The third-order valence-electron chi connectivity index (χ3n) is 4.29. The van der Waals surface area contributed by atoms with Gasteiger partial charge in [0.25, 0.3) is 5.91 Å². The Labute approximate surface area is 158 Å². The van der Waals surface area contributed by atoms with E-state index < -0.39 is 9.84 Å². The second-order valence-electron chi connectivity index (χ2n) is 6.67. The third kappa shape index (κ3) is 5.40. The second-order valence-corrected chi connectivity index (χ2v) is 9.84. The molecule has 7 heteroatoms. The Balaban J connectivity index is 1.74. The van der Waals surface area contributed by atoms with Crippen LogP contribution in [-0.2, 0) is 26.9 Å². The molecule has 0 N–H and O–H groups in total. The Hall–Kier alpha value is -1.70. The molecule has 1 aliphatic rings. The highest BCUT2D eigenvalue weighted by atomic mass is 32.2. The largest absolute Gasteiger partial charge is 0.376 e. The highest BCUT2D eigenvalue weighted by molar-refractivity contribution is 7.89. The van der Waals surface area contributed by atoms with Crippen molar-refractivity contribution >= 4 is 27.1 Å². The maximum Gasteiger partial charge on any atom is 0.254 e. The van der Waals surface area contributed by atoms with Crippen LogP contribution in [0.1, 0.15) is 33.6 Å². The molecule has 5 nitrogen and oxygen atoms in total. The van der Waals surface area contributed by atoms with E-state index in [0.717, 1.165) is 24.3 Å². The molecule has 1 unspecified atom stereocenters. The van der Waals surface area contributed by atoms with Crippen LogP contribution in [0.3, 0.4) is 0 Å². The van der Waals surface area contributed by atoms with E-state index in [-0.39, 0.29) is 17.8 Å². The molecule has 1 aromatic heterocycles. The Morgan fingerprint density at radius 1 is 1.27 bits per heavy atom. The number of nitrogens with zero attached hydrogens (tertiary/aromatic N) is 1. The lowest BCUT2D eigenvalue weighted by Crippen LogP contribution is -2.36. The quantitative estimate of drug-likeness (QED) is 0.725. The first kappa shape index (κ1) is 19.1. The van der Waals surface area contributed by atoms with E-state index in [1.807, 2.05) is 22.4 Å². The van der Waals surface area contributed by atoms with Crippen LogP contribution >= 0.6 is 11.3 Å². The fourth-order valence-corrected chi connectivity index (χ4v) is 4.59. The molecule has 1 aromatic carbocycles. The lowest BCUT2D eigenvalue weighted by atomic mass is 10.1.